The largest absolute Gasteiger partial charge is 0.313 e. The zero-order valence-electron chi connectivity index (χ0n) is 8.19. The monoisotopic (exact) mass is 214 g/mol. The Balaban J connectivity index is 2.30. The molecule has 0 bridgehead atoms. The highest BCUT2D eigenvalue weighted by Crippen LogP contribution is 2.16. The topological polar surface area (TPSA) is 3.01 Å². The van der Waals surface area contributed by atoms with Gasteiger partial charge in [0.1, 0.15) is 13.1 Å². The summed E-state index contributed by atoms with van der Waals surface area (Å²) < 4.78 is 4.03. The van der Waals surface area contributed by atoms with Crippen LogP contribution < -0.4 is 8.56 Å². The van der Waals surface area contributed by atoms with Crippen LogP contribution in [0.1, 0.15) is 20.3 Å². The predicted molar refractivity (Wildman–Crippen MR) is 60.1 cm³/mol. The molecule has 2 rings (SSSR count). The van der Waals surface area contributed by atoms with Gasteiger partial charge in [0.25, 0.3) is 0 Å². The average Bonchev–Trinajstić information content (AvgIpc) is 2.53. The molecule has 72 valence electrons. The Morgan fingerprint density at radius 1 is 1.15 bits per heavy atom. The standard InChI is InChI=1S/C10H16NS2/c1-8-5-9(2)7-11(6-8)10-12-3-4-13-10/h3-4,8-9H,5-7H2,1-2H3/q+1. The zero-order valence-corrected chi connectivity index (χ0v) is 9.83. The molecule has 2 heterocycles. The number of nitrogens with zero attached hydrogens (tertiary/aromatic N) is 1. The van der Waals surface area contributed by atoms with Crippen LogP contribution in [0.2, 0.25) is 0 Å². The molecule has 1 aliphatic rings. The molecule has 1 aromatic heterocycles. The molecule has 0 N–H and O–H groups in total. The summed E-state index contributed by atoms with van der Waals surface area (Å²) in [5, 5.41) is 4.37. The SMILES string of the molecule is CC1CC(C)C[N+](=c2sccs2)C1. The lowest BCUT2D eigenvalue weighted by Gasteiger charge is -2.21. The van der Waals surface area contributed by atoms with E-state index in [0.717, 1.165) is 11.8 Å². The normalized spacial score (nSPS) is 29.2. The number of rotatable bonds is 0. The summed E-state index contributed by atoms with van der Waals surface area (Å²) in [5.74, 6) is 1.72. The van der Waals surface area contributed by atoms with Gasteiger partial charge in [-0.05, 0) is 6.42 Å². The summed E-state index contributed by atoms with van der Waals surface area (Å²) in [6.07, 6.45) is 1.40. The first-order valence-electron chi connectivity index (χ1n) is 4.86. The molecular formula is C10H16NS2+. The lowest BCUT2D eigenvalue weighted by molar-refractivity contribution is 0.288. The summed E-state index contributed by atoms with van der Waals surface area (Å²) in [4.78, 5) is 0. The lowest BCUT2D eigenvalue weighted by atomic mass is 9.93. The Labute approximate surface area is 87.4 Å². The van der Waals surface area contributed by atoms with Crippen LogP contribution in [0.5, 0.6) is 0 Å². The molecule has 0 aliphatic carbocycles. The fourth-order valence-electron chi connectivity index (χ4n) is 2.16. The van der Waals surface area contributed by atoms with Crippen LogP contribution in [0.25, 0.3) is 0 Å². The van der Waals surface area contributed by atoms with Gasteiger partial charge in [0.2, 0.25) is 0 Å². The van der Waals surface area contributed by atoms with E-state index in [-0.39, 0.29) is 0 Å². The van der Waals surface area contributed by atoms with E-state index in [2.05, 4.69) is 29.2 Å². The van der Waals surface area contributed by atoms with Crippen LogP contribution in [0.3, 0.4) is 0 Å². The third kappa shape index (κ3) is 2.20. The summed E-state index contributed by atoms with van der Waals surface area (Å²) in [6.45, 7) is 7.23. The highest BCUT2D eigenvalue weighted by Gasteiger charge is 2.24. The van der Waals surface area contributed by atoms with Crippen LogP contribution >= 0.6 is 22.7 Å². The van der Waals surface area contributed by atoms with Gasteiger partial charge in [-0.1, -0.05) is 36.5 Å². The lowest BCUT2D eigenvalue weighted by Crippen LogP contribution is -2.39. The van der Waals surface area contributed by atoms with Crippen molar-refractivity contribution in [3.63, 3.8) is 0 Å². The number of hydrogen-bond acceptors (Lipinski definition) is 2. The Morgan fingerprint density at radius 2 is 1.69 bits per heavy atom. The van der Waals surface area contributed by atoms with Crippen LogP contribution in [-0.4, -0.2) is 13.1 Å². The third-order valence-corrected chi connectivity index (χ3v) is 4.73. The zero-order chi connectivity index (χ0) is 9.26. The van der Waals surface area contributed by atoms with Crippen LogP contribution in [-0.2, 0) is 0 Å². The van der Waals surface area contributed by atoms with E-state index in [0.29, 0.717) is 0 Å². The number of piperidine rings is 1. The second-order valence-corrected chi connectivity index (χ2v) is 6.17. The van der Waals surface area contributed by atoms with Gasteiger partial charge < -0.3 is 0 Å². The van der Waals surface area contributed by atoms with E-state index >= 15 is 0 Å². The van der Waals surface area contributed by atoms with E-state index in [1.807, 2.05) is 22.7 Å². The summed E-state index contributed by atoms with van der Waals surface area (Å²) in [5.41, 5.74) is 0. The predicted octanol–water partition coefficient (Wildman–Crippen LogP) is 2.26. The van der Waals surface area contributed by atoms with Gasteiger partial charge >= 0.3 is 3.98 Å². The molecular weight excluding hydrogens is 198 g/mol. The fraction of sp³-hybridized carbons (Fsp3) is 0.700. The van der Waals surface area contributed by atoms with Crippen LogP contribution in [0.15, 0.2) is 10.8 Å². The molecule has 0 aromatic carbocycles. The summed E-state index contributed by atoms with van der Waals surface area (Å²) in [7, 11) is 0. The van der Waals surface area contributed by atoms with Gasteiger partial charge in [-0.3, -0.25) is 0 Å². The Hall–Kier alpha value is -0.150. The Bertz CT molecular complexity index is 308. The van der Waals surface area contributed by atoms with Crippen molar-refractivity contribution in [3.8, 4) is 0 Å². The van der Waals surface area contributed by atoms with Gasteiger partial charge in [0.15, 0.2) is 0 Å². The van der Waals surface area contributed by atoms with Crippen molar-refractivity contribution in [1.29, 1.82) is 0 Å². The molecule has 1 aromatic rings. The molecule has 0 spiro atoms. The minimum atomic E-state index is 0.859. The third-order valence-electron chi connectivity index (χ3n) is 2.52. The van der Waals surface area contributed by atoms with E-state index < -0.39 is 0 Å². The second kappa shape index (κ2) is 3.93. The van der Waals surface area contributed by atoms with E-state index in [4.69, 9.17) is 0 Å². The van der Waals surface area contributed by atoms with Crippen molar-refractivity contribution in [2.75, 3.05) is 13.1 Å². The molecule has 1 fully saturated rings. The summed E-state index contributed by atoms with van der Waals surface area (Å²) in [6, 6.07) is 0. The van der Waals surface area contributed by atoms with Gasteiger partial charge in [-0.25, -0.2) is 4.58 Å². The Morgan fingerprint density at radius 3 is 2.23 bits per heavy atom. The highest BCUT2D eigenvalue weighted by atomic mass is 32.2. The first-order valence-corrected chi connectivity index (χ1v) is 6.62. The van der Waals surface area contributed by atoms with Gasteiger partial charge in [0, 0.05) is 22.6 Å². The van der Waals surface area contributed by atoms with E-state index in [1.54, 1.807) is 0 Å². The van der Waals surface area contributed by atoms with Crippen LogP contribution in [0.4, 0.5) is 0 Å². The average molecular weight is 214 g/mol. The maximum absolute atomic E-state index is 2.55. The van der Waals surface area contributed by atoms with Crippen molar-refractivity contribution in [2.45, 2.75) is 20.3 Å². The quantitative estimate of drug-likeness (QED) is 0.583. The molecule has 2 unspecified atom stereocenters. The molecule has 0 radical (unpaired) electrons. The smallest absolute Gasteiger partial charge is 0.211 e. The first kappa shape index (κ1) is 9.41. The highest BCUT2D eigenvalue weighted by molar-refractivity contribution is 7.24. The fourth-order valence-corrected chi connectivity index (χ4v) is 3.99. The minimum Gasteiger partial charge on any atom is -0.211 e. The molecule has 0 saturated carbocycles. The molecule has 1 nitrogen and oxygen atoms in total. The van der Waals surface area contributed by atoms with Crippen molar-refractivity contribution >= 4 is 22.7 Å². The van der Waals surface area contributed by atoms with Crippen LogP contribution in [0, 0.1) is 11.8 Å². The van der Waals surface area contributed by atoms with E-state index in [9.17, 15) is 0 Å². The number of hydrogen-bond donors (Lipinski definition) is 0. The van der Waals surface area contributed by atoms with Crippen molar-refractivity contribution < 1.29 is 0 Å². The van der Waals surface area contributed by atoms with Gasteiger partial charge in [-0.2, -0.15) is 0 Å². The van der Waals surface area contributed by atoms with Crippen molar-refractivity contribution in [1.82, 2.24) is 4.58 Å². The van der Waals surface area contributed by atoms with Crippen molar-refractivity contribution in [3.05, 3.63) is 14.7 Å². The van der Waals surface area contributed by atoms with Crippen molar-refractivity contribution in [2.24, 2.45) is 11.8 Å². The first-order chi connectivity index (χ1) is 6.25. The van der Waals surface area contributed by atoms with Gasteiger partial charge in [-0.15, -0.1) is 0 Å². The molecule has 3 heteroatoms. The second-order valence-electron chi connectivity index (χ2n) is 4.12. The Kier molecular flexibility index (Phi) is 2.84. The minimum absolute atomic E-state index is 0.859. The molecule has 0 amide bonds. The molecule has 1 saturated heterocycles. The molecule has 2 atom stereocenters. The summed E-state index contributed by atoms with van der Waals surface area (Å²) >= 11 is 3.76. The molecule has 1 aliphatic heterocycles. The molecule has 13 heavy (non-hydrogen) atoms. The maximum Gasteiger partial charge on any atom is 0.313 e. The van der Waals surface area contributed by atoms with E-state index in [1.165, 1.54) is 23.5 Å². The van der Waals surface area contributed by atoms with Gasteiger partial charge in [0.05, 0.1) is 0 Å². The maximum atomic E-state index is 2.55.